The molecule has 2 rings (SSSR count). The Labute approximate surface area is 107 Å². The highest BCUT2D eigenvalue weighted by atomic mass is 16.5. The summed E-state index contributed by atoms with van der Waals surface area (Å²) in [4.78, 5) is 10.6. The quantitative estimate of drug-likeness (QED) is 0.498. The summed E-state index contributed by atoms with van der Waals surface area (Å²) >= 11 is 0. The zero-order valence-corrected chi connectivity index (χ0v) is 10.6. The number of nitrogens with one attached hydrogen (secondary N) is 2. The average molecular weight is 252 g/mol. The van der Waals surface area contributed by atoms with E-state index in [9.17, 15) is 0 Å². The van der Waals surface area contributed by atoms with E-state index < -0.39 is 0 Å². The summed E-state index contributed by atoms with van der Waals surface area (Å²) in [5.41, 5.74) is 2.47. The third-order valence-electron chi connectivity index (χ3n) is 2.96. The number of hydrazine groups is 1. The van der Waals surface area contributed by atoms with Gasteiger partial charge in [-0.1, -0.05) is 6.92 Å². The number of likely N-dealkylation sites (N-methyl/N-ethyl adjacent to an activating group) is 1. The lowest BCUT2D eigenvalue weighted by molar-refractivity contribution is -0.0192. The smallest absolute Gasteiger partial charge is 0.160 e. The minimum atomic E-state index is 0.190. The number of hydrogen-bond donors (Lipinski definition) is 3. The van der Waals surface area contributed by atoms with Gasteiger partial charge in [0.2, 0.25) is 0 Å². The van der Waals surface area contributed by atoms with Crippen LogP contribution in [0.25, 0.3) is 0 Å². The van der Waals surface area contributed by atoms with Crippen molar-refractivity contribution in [2.45, 2.75) is 13.0 Å². The van der Waals surface area contributed by atoms with Crippen molar-refractivity contribution in [2.75, 3.05) is 43.5 Å². The second kappa shape index (κ2) is 6.48. The predicted molar refractivity (Wildman–Crippen MR) is 70.2 cm³/mol. The predicted octanol–water partition coefficient (Wildman–Crippen LogP) is -0.105. The molecule has 2 heterocycles. The lowest BCUT2D eigenvalue weighted by Crippen LogP contribution is -2.45. The Morgan fingerprint density at radius 1 is 1.50 bits per heavy atom. The van der Waals surface area contributed by atoms with Crippen molar-refractivity contribution < 1.29 is 4.74 Å². The van der Waals surface area contributed by atoms with Gasteiger partial charge in [-0.25, -0.2) is 10.8 Å². The summed E-state index contributed by atoms with van der Waals surface area (Å²) < 4.78 is 5.70. The van der Waals surface area contributed by atoms with E-state index in [0.29, 0.717) is 11.6 Å². The van der Waals surface area contributed by atoms with Gasteiger partial charge in [-0.15, -0.1) is 0 Å². The molecular weight excluding hydrogens is 232 g/mol. The molecule has 1 saturated heterocycles. The first-order valence-electron chi connectivity index (χ1n) is 6.18. The van der Waals surface area contributed by atoms with Crippen molar-refractivity contribution in [2.24, 2.45) is 5.84 Å². The third-order valence-corrected chi connectivity index (χ3v) is 2.96. The maximum absolute atomic E-state index is 5.70. The highest BCUT2D eigenvalue weighted by molar-refractivity contribution is 5.40. The van der Waals surface area contributed by atoms with E-state index in [-0.39, 0.29) is 6.10 Å². The number of aromatic nitrogens is 2. The van der Waals surface area contributed by atoms with Crippen LogP contribution in [-0.4, -0.2) is 53.8 Å². The summed E-state index contributed by atoms with van der Waals surface area (Å²) in [6, 6.07) is 0. The average Bonchev–Trinajstić information content (AvgIpc) is 2.45. The van der Waals surface area contributed by atoms with Crippen LogP contribution in [0.2, 0.25) is 0 Å². The van der Waals surface area contributed by atoms with Crippen LogP contribution < -0.4 is 16.6 Å². The SMILES string of the molecule is CCN1CCOC(CNc2cncc(NN)n2)C1. The van der Waals surface area contributed by atoms with Crippen molar-refractivity contribution in [1.82, 2.24) is 14.9 Å². The van der Waals surface area contributed by atoms with Crippen LogP contribution in [0.4, 0.5) is 11.6 Å². The van der Waals surface area contributed by atoms with Crippen LogP contribution in [0.1, 0.15) is 6.92 Å². The molecule has 1 unspecified atom stereocenters. The van der Waals surface area contributed by atoms with Crippen LogP contribution in [0.3, 0.4) is 0 Å². The molecular formula is C11H20N6O. The van der Waals surface area contributed by atoms with E-state index >= 15 is 0 Å². The second-order valence-corrected chi connectivity index (χ2v) is 4.20. The van der Waals surface area contributed by atoms with Gasteiger partial charge in [0, 0.05) is 19.6 Å². The van der Waals surface area contributed by atoms with Crippen molar-refractivity contribution in [3.63, 3.8) is 0 Å². The molecule has 100 valence electrons. The van der Waals surface area contributed by atoms with Crippen LogP contribution in [0, 0.1) is 0 Å². The molecule has 1 aliphatic rings. The largest absolute Gasteiger partial charge is 0.374 e. The Bertz CT molecular complexity index is 374. The lowest BCUT2D eigenvalue weighted by Gasteiger charge is -2.32. The molecule has 1 fully saturated rings. The lowest BCUT2D eigenvalue weighted by atomic mass is 10.2. The Hall–Kier alpha value is -1.44. The molecule has 1 aromatic rings. The molecule has 0 radical (unpaired) electrons. The fraction of sp³-hybridized carbons (Fsp3) is 0.636. The van der Waals surface area contributed by atoms with Crippen LogP contribution in [0.5, 0.6) is 0 Å². The van der Waals surface area contributed by atoms with Gasteiger partial charge >= 0.3 is 0 Å². The molecule has 4 N–H and O–H groups in total. The van der Waals surface area contributed by atoms with Crippen molar-refractivity contribution in [1.29, 1.82) is 0 Å². The molecule has 18 heavy (non-hydrogen) atoms. The Morgan fingerprint density at radius 3 is 3.11 bits per heavy atom. The third kappa shape index (κ3) is 3.52. The number of nitrogen functional groups attached to an aromatic ring is 1. The minimum Gasteiger partial charge on any atom is -0.374 e. The molecule has 1 aliphatic heterocycles. The van der Waals surface area contributed by atoms with E-state index in [2.05, 4.69) is 32.5 Å². The van der Waals surface area contributed by atoms with Crippen molar-refractivity contribution in [3.8, 4) is 0 Å². The molecule has 7 nitrogen and oxygen atoms in total. The highest BCUT2D eigenvalue weighted by Gasteiger charge is 2.18. The van der Waals surface area contributed by atoms with Gasteiger partial charge in [-0.3, -0.25) is 9.88 Å². The van der Waals surface area contributed by atoms with Gasteiger partial charge in [0.25, 0.3) is 0 Å². The van der Waals surface area contributed by atoms with Gasteiger partial charge in [-0.2, -0.15) is 0 Å². The fourth-order valence-electron chi connectivity index (χ4n) is 1.93. The van der Waals surface area contributed by atoms with Crippen molar-refractivity contribution >= 4 is 11.6 Å². The van der Waals surface area contributed by atoms with Crippen LogP contribution >= 0.6 is 0 Å². The molecule has 1 aromatic heterocycles. The van der Waals surface area contributed by atoms with Crippen LogP contribution in [0.15, 0.2) is 12.4 Å². The topological polar surface area (TPSA) is 88.3 Å². The Kier molecular flexibility index (Phi) is 4.68. The van der Waals surface area contributed by atoms with E-state index in [1.54, 1.807) is 12.4 Å². The number of nitrogens with zero attached hydrogens (tertiary/aromatic N) is 3. The summed E-state index contributed by atoms with van der Waals surface area (Å²) in [7, 11) is 0. The normalized spacial score (nSPS) is 20.7. The summed E-state index contributed by atoms with van der Waals surface area (Å²) in [5.74, 6) is 6.52. The number of nitrogens with two attached hydrogens (primary N) is 1. The fourth-order valence-corrected chi connectivity index (χ4v) is 1.93. The van der Waals surface area contributed by atoms with E-state index in [1.165, 1.54) is 0 Å². The number of rotatable bonds is 5. The standard InChI is InChI=1S/C11H20N6O/c1-2-17-3-4-18-9(8-17)5-14-10-6-13-7-11(15-10)16-12/h6-7,9H,2-5,8,12H2,1H3,(H2,14,15,16). The van der Waals surface area contributed by atoms with E-state index in [4.69, 9.17) is 10.6 Å². The summed E-state index contributed by atoms with van der Waals surface area (Å²) in [5, 5.41) is 3.21. The molecule has 0 saturated carbocycles. The Morgan fingerprint density at radius 2 is 2.33 bits per heavy atom. The van der Waals surface area contributed by atoms with Gasteiger partial charge < -0.3 is 15.5 Å². The minimum absolute atomic E-state index is 0.190. The maximum atomic E-state index is 5.70. The Balaban J connectivity index is 1.83. The summed E-state index contributed by atoms with van der Waals surface area (Å²) in [6.07, 6.45) is 3.43. The second-order valence-electron chi connectivity index (χ2n) is 4.20. The molecule has 0 aliphatic carbocycles. The number of morpholine rings is 1. The zero-order valence-electron chi connectivity index (χ0n) is 10.6. The highest BCUT2D eigenvalue weighted by Crippen LogP contribution is 2.08. The number of anilines is 2. The first kappa shape index (κ1) is 13.0. The van der Waals surface area contributed by atoms with E-state index in [0.717, 1.165) is 32.8 Å². The molecule has 7 heteroatoms. The van der Waals surface area contributed by atoms with Gasteiger partial charge in [-0.05, 0) is 6.54 Å². The molecule has 0 spiro atoms. The first-order chi connectivity index (χ1) is 8.81. The molecule has 0 aromatic carbocycles. The number of ether oxygens (including phenoxy) is 1. The van der Waals surface area contributed by atoms with E-state index in [1.807, 2.05) is 0 Å². The maximum Gasteiger partial charge on any atom is 0.160 e. The first-order valence-corrected chi connectivity index (χ1v) is 6.18. The molecule has 0 amide bonds. The zero-order chi connectivity index (χ0) is 12.8. The molecule has 0 bridgehead atoms. The molecule has 1 atom stereocenters. The van der Waals surface area contributed by atoms with Gasteiger partial charge in [0.15, 0.2) is 5.82 Å². The number of hydrogen-bond acceptors (Lipinski definition) is 7. The summed E-state index contributed by atoms with van der Waals surface area (Å²) in [6.45, 7) is 6.70. The van der Waals surface area contributed by atoms with Gasteiger partial charge in [0.1, 0.15) is 5.82 Å². The monoisotopic (exact) mass is 252 g/mol. The van der Waals surface area contributed by atoms with Gasteiger partial charge in [0.05, 0.1) is 25.1 Å². The van der Waals surface area contributed by atoms with Crippen molar-refractivity contribution in [3.05, 3.63) is 12.4 Å². The van der Waals surface area contributed by atoms with Crippen LogP contribution in [-0.2, 0) is 4.74 Å².